The molecular formula is C19H36. The van der Waals surface area contributed by atoms with Crippen molar-refractivity contribution in [3.63, 3.8) is 0 Å². The van der Waals surface area contributed by atoms with Crippen LogP contribution in [0.15, 0.2) is 12.2 Å². The van der Waals surface area contributed by atoms with E-state index in [4.69, 9.17) is 0 Å². The van der Waals surface area contributed by atoms with E-state index in [1.54, 1.807) is 0 Å². The Morgan fingerprint density at radius 2 is 1.05 bits per heavy atom. The molecule has 0 aromatic carbocycles. The van der Waals surface area contributed by atoms with Crippen LogP contribution < -0.4 is 0 Å². The van der Waals surface area contributed by atoms with Crippen LogP contribution in [-0.2, 0) is 0 Å². The van der Waals surface area contributed by atoms with Crippen molar-refractivity contribution in [1.29, 1.82) is 0 Å². The Bertz CT molecular complexity index is 216. The molecule has 0 heteroatoms. The van der Waals surface area contributed by atoms with E-state index in [1.807, 2.05) is 0 Å². The Morgan fingerprint density at radius 3 is 1.63 bits per heavy atom. The van der Waals surface area contributed by atoms with Crippen LogP contribution in [-0.4, -0.2) is 0 Å². The van der Waals surface area contributed by atoms with E-state index in [-0.39, 0.29) is 0 Å². The highest BCUT2D eigenvalue weighted by Crippen LogP contribution is 2.23. The average molecular weight is 264 g/mol. The lowest BCUT2D eigenvalue weighted by Crippen LogP contribution is -1.99. The molecule has 0 aromatic heterocycles. The fourth-order valence-electron chi connectivity index (χ4n) is 3.44. The predicted molar refractivity (Wildman–Crippen MR) is 87.5 cm³/mol. The molecule has 0 amide bonds. The Balaban J connectivity index is 2.32. The van der Waals surface area contributed by atoms with Gasteiger partial charge in [-0.15, -0.1) is 0 Å². The quantitative estimate of drug-likeness (QED) is 0.452. The summed E-state index contributed by atoms with van der Waals surface area (Å²) in [6.07, 6.45) is 23.7. The standard InChI is InChI=1S/C19H36/c1-3-13-19-16-10-8-6-4-5-7-9-14-18(2)15-11-12-17-19/h3,13,18-19H,4-12,14-17H2,1-2H3. The van der Waals surface area contributed by atoms with Crippen molar-refractivity contribution in [1.82, 2.24) is 0 Å². The third kappa shape index (κ3) is 9.30. The molecule has 0 heterocycles. The fourth-order valence-corrected chi connectivity index (χ4v) is 3.44. The third-order valence-corrected chi connectivity index (χ3v) is 4.76. The van der Waals surface area contributed by atoms with E-state index in [2.05, 4.69) is 26.0 Å². The van der Waals surface area contributed by atoms with E-state index < -0.39 is 0 Å². The number of rotatable bonds is 1. The molecule has 0 aliphatic heterocycles. The summed E-state index contributed by atoms with van der Waals surface area (Å²) in [5.74, 6) is 1.83. The van der Waals surface area contributed by atoms with Gasteiger partial charge in [-0.25, -0.2) is 0 Å². The van der Waals surface area contributed by atoms with E-state index >= 15 is 0 Å². The zero-order valence-electron chi connectivity index (χ0n) is 13.5. The molecule has 1 fully saturated rings. The lowest BCUT2D eigenvalue weighted by atomic mass is 9.92. The van der Waals surface area contributed by atoms with Gasteiger partial charge in [-0.2, -0.15) is 0 Å². The van der Waals surface area contributed by atoms with Crippen LogP contribution >= 0.6 is 0 Å². The highest BCUT2D eigenvalue weighted by Gasteiger charge is 2.07. The van der Waals surface area contributed by atoms with Crippen LogP contribution in [0.25, 0.3) is 0 Å². The molecule has 0 N–H and O–H groups in total. The highest BCUT2D eigenvalue weighted by atomic mass is 14.1. The van der Waals surface area contributed by atoms with Crippen molar-refractivity contribution in [3.8, 4) is 0 Å². The van der Waals surface area contributed by atoms with E-state index in [0.717, 1.165) is 11.8 Å². The van der Waals surface area contributed by atoms with E-state index in [0.29, 0.717) is 0 Å². The van der Waals surface area contributed by atoms with Crippen LogP contribution in [0.1, 0.15) is 97.3 Å². The molecule has 0 bridgehead atoms. The van der Waals surface area contributed by atoms with Crippen molar-refractivity contribution in [3.05, 3.63) is 12.2 Å². The summed E-state index contributed by atoms with van der Waals surface area (Å²) in [4.78, 5) is 0. The summed E-state index contributed by atoms with van der Waals surface area (Å²) in [6, 6.07) is 0. The molecule has 1 aliphatic carbocycles. The molecule has 112 valence electrons. The Labute approximate surface area is 122 Å². The molecular weight excluding hydrogens is 228 g/mol. The molecule has 1 aliphatic rings. The normalized spacial score (nSPS) is 29.8. The van der Waals surface area contributed by atoms with Gasteiger partial charge < -0.3 is 0 Å². The minimum Gasteiger partial charge on any atom is -0.0914 e. The summed E-state index contributed by atoms with van der Waals surface area (Å²) < 4.78 is 0. The second-order valence-electron chi connectivity index (χ2n) is 6.73. The zero-order chi connectivity index (χ0) is 13.8. The first-order valence-corrected chi connectivity index (χ1v) is 8.95. The average Bonchev–Trinajstić information content (AvgIpc) is 2.41. The lowest BCUT2D eigenvalue weighted by Gasteiger charge is -2.14. The Morgan fingerprint density at radius 1 is 0.632 bits per heavy atom. The molecule has 0 spiro atoms. The van der Waals surface area contributed by atoms with Crippen molar-refractivity contribution in [2.45, 2.75) is 97.3 Å². The van der Waals surface area contributed by atoms with Gasteiger partial charge in [0.25, 0.3) is 0 Å². The molecule has 0 aromatic rings. The van der Waals surface area contributed by atoms with Gasteiger partial charge in [0.15, 0.2) is 0 Å². The molecule has 2 atom stereocenters. The van der Waals surface area contributed by atoms with Gasteiger partial charge in [0, 0.05) is 0 Å². The highest BCUT2D eigenvalue weighted by molar-refractivity contribution is 4.85. The molecule has 1 saturated carbocycles. The maximum absolute atomic E-state index is 2.46. The van der Waals surface area contributed by atoms with E-state index in [1.165, 1.54) is 83.5 Å². The Hall–Kier alpha value is -0.260. The topological polar surface area (TPSA) is 0 Å². The van der Waals surface area contributed by atoms with Crippen LogP contribution in [0, 0.1) is 11.8 Å². The molecule has 2 unspecified atom stereocenters. The summed E-state index contributed by atoms with van der Waals surface area (Å²) in [5, 5.41) is 0. The molecule has 0 radical (unpaired) electrons. The van der Waals surface area contributed by atoms with Gasteiger partial charge in [0.1, 0.15) is 0 Å². The maximum atomic E-state index is 2.46. The van der Waals surface area contributed by atoms with Crippen molar-refractivity contribution in [2.24, 2.45) is 11.8 Å². The van der Waals surface area contributed by atoms with Crippen molar-refractivity contribution >= 4 is 0 Å². The number of hydrogen-bond donors (Lipinski definition) is 0. The van der Waals surface area contributed by atoms with Crippen molar-refractivity contribution < 1.29 is 0 Å². The summed E-state index contributed by atoms with van der Waals surface area (Å²) in [6.45, 7) is 4.64. The Kier molecular flexibility index (Phi) is 10.2. The predicted octanol–water partition coefficient (Wildman–Crippen LogP) is 6.90. The minimum atomic E-state index is 0.866. The summed E-state index contributed by atoms with van der Waals surface area (Å²) in [5.41, 5.74) is 0. The number of allylic oxidation sites excluding steroid dienone is 2. The maximum Gasteiger partial charge on any atom is -0.0234 e. The summed E-state index contributed by atoms with van der Waals surface area (Å²) in [7, 11) is 0. The monoisotopic (exact) mass is 264 g/mol. The molecule has 0 nitrogen and oxygen atoms in total. The first kappa shape index (κ1) is 16.8. The first-order chi connectivity index (χ1) is 9.33. The second kappa shape index (κ2) is 11.6. The number of hydrogen-bond acceptors (Lipinski definition) is 0. The molecule has 19 heavy (non-hydrogen) atoms. The summed E-state index contributed by atoms with van der Waals surface area (Å²) >= 11 is 0. The van der Waals surface area contributed by atoms with Crippen molar-refractivity contribution in [2.75, 3.05) is 0 Å². The van der Waals surface area contributed by atoms with Crippen LogP contribution in [0.5, 0.6) is 0 Å². The second-order valence-corrected chi connectivity index (χ2v) is 6.73. The SMILES string of the molecule is CC=CC1CCCCCCCCCC(C)CCCC1. The minimum absolute atomic E-state index is 0.866. The molecule has 0 saturated heterocycles. The van der Waals surface area contributed by atoms with E-state index in [9.17, 15) is 0 Å². The third-order valence-electron chi connectivity index (χ3n) is 4.76. The lowest BCUT2D eigenvalue weighted by molar-refractivity contribution is 0.422. The van der Waals surface area contributed by atoms with Gasteiger partial charge in [-0.05, 0) is 31.6 Å². The van der Waals surface area contributed by atoms with Gasteiger partial charge >= 0.3 is 0 Å². The van der Waals surface area contributed by atoms with Gasteiger partial charge in [-0.1, -0.05) is 89.7 Å². The van der Waals surface area contributed by atoms with Crippen LogP contribution in [0.2, 0.25) is 0 Å². The smallest absolute Gasteiger partial charge is 0.0234 e. The van der Waals surface area contributed by atoms with Gasteiger partial charge in [-0.3, -0.25) is 0 Å². The largest absolute Gasteiger partial charge is 0.0914 e. The van der Waals surface area contributed by atoms with Crippen LogP contribution in [0.3, 0.4) is 0 Å². The first-order valence-electron chi connectivity index (χ1n) is 8.95. The zero-order valence-corrected chi connectivity index (χ0v) is 13.5. The van der Waals surface area contributed by atoms with Crippen LogP contribution in [0.4, 0.5) is 0 Å². The molecule has 1 rings (SSSR count). The van der Waals surface area contributed by atoms with Gasteiger partial charge in [0.2, 0.25) is 0 Å². The van der Waals surface area contributed by atoms with Gasteiger partial charge in [0.05, 0.1) is 0 Å². The fraction of sp³-hybridized carbons (Fsp3) is 0.895.